The van der Waals surface area contributed by atoms with E-state index in [1.165, 1.54) is 0 Å². The standard InChI is InChI=1S/C9H10ClNO2/c1-5(9(12)13)6-3-2-4-7(11)8(6)10/h2-5H,11H2,1H3,(H,12,13). The number of halogens is 1. The molecule has 0 fully saturated rings. The maximum absolute atomic E-state index is 10.7. The van der Waals surface area contributed by atoms with Gasteiger partial charge >= 0.3 is 5.97 Å². The number of nitrogens with two attached hydrogens (primary N) is 1. The Hall–Kier alpha value is -1.22. The lowest BCUT2D eigenvalue weighted by Crippen LogP contribution is -2.08. The average molecular weight is 200 g/mol. The van der Waals surface area contributed by atoms with Gasteiger partial charge < -0.3 is 10.8 Å². The Morgan fingerprint density at radius 2 is 2.23 bits per heavy atom. The molecule has 0 aliphatic heterocycles. The van der Waals surface area contributed by atoms with Crippen LogP contribution in [0.2, 0.25) is 5.02 Å². The highest BCUT2D eigenvalue weighted by Crippen LogP contribution is 2.29. The van der Waals surface area contributed by atoms with Crippen LogP contribution in [-0.4, -0.2) is 11.1 Å². The molecule has 1 aromatic rings. The van der Waals surface area contributed by atoms with Gasteiger partial charge in [-0.15, -0.1) is 0 Å². The van der Waals surface area contributed by atoms with Gasteiger partial charge in [0, 0.05) is 0 Å². The van der Waals surface area contributed by atoms with Crippen molar-refractivity contribution >= 4 is 23.3 Å². The van der Waals surface area contributed by atoms with Crippen molar-refractivity contribution in [3.8, 4) is 0 Å². The molecule has 0 spiro atoms. The summed E-state index contributed by atoms with van der Waals surface area (Å²) >= 11 is 5.84. The molecular weight excluding hydrogens is 190 g/mol. The molecule has 1 aromatic carbocycles. The first-order valence-corrected chi connectivity index (χ1v) is 4.18. The Labute approximate surface area is 81.1 Å². The highest BCUT2D eigenvalue weighted by atomic mass is 35.5. The maximum atomic E-state index is 10.7. The molecule has 1 rings (SSSR count). The second-order valence-electron chi connectivity index (χ2n) is 2.81. The largest absolute Gasteiger partial charge is 0.481 e. The first-order valence-electron chi connectivity index (χ1n) is 3.80. The molecule has 1 unspecified atom stereocenters. The minimum absolute atomic E-state index is 0.331. The van der Waals surface area contributed by atoms with Crippen LogP contribution in [0, 0.1) is 0 Å². The lowest BCUT2D eigenvalue weighted by atomic mass is 10.0. The number of hydrogen-bond acceptors (Lipinski definition) is 2. The summed E-state index contributed by atoms with van der Waals surface area (Å²) in [4.78, 5) is 10.7. The lowest BCUT2D eigenvalue weighted by molar-refractivity contribution is -0.138. The zero-order valence-corrected chi connectivity index (χ0v) is 7.88. The van der Waals surface area contributed by atoms with Gasteiger partial charge in [-0.2, -0.15) is 0 Å². The zero-order valence-electron chi connectivity index (χ0n) is 7.12. The van der Waals surface area contributed by atoms with E-state index in [4.69, 9.17) is 22.4 Å². The topological polar surface area (TPSA) is 63.3 Å². The third-order valence-electron chi connectivity index (χ3n) is 1.90. The van der Waals surface area contributed by atoms with E-state index in [1.54, 1.807) is 25.1 Å². The fourth-order valence-corrected chi connectivity index (χ4v) is 1.33. The van der Waals surface area contributed by atoms with Crippen molar-refractivity contribution in [2.24, 2.45) is 0 Å². The molecule has 3 nitrogen and oxygen atoms in total. The van der Waals surface area contributed by atoms with Crippen molar-refractivity contribution < 1.29 is 9.90 Å². The molecule has 0 radical (unpaired) electrons. The highest BCUT2D eigenvalue weighted by molar-refractivity contribution is 6.34. The van der Waals surface area contributed by atoms with Crippen LogP contribution in [-0.2, 0) is 4.79 Å². The monoisotopic (exact) mass is 199 g/mol. The first-order chi connectivity index (χ1) is 6.04. The van der Waals surface area contributed by atoms with E-state index < -0.39 is 11.9 Å². The van der Waals surface area contributed by atoms with Crippen molar-refractivity contribution in [2.45, 2.75) is 12.8 Å². The van der Waals surface area contributed by atoms with E-state index in [2.05, 4.69) is 0 Å². The van der Waals surface area contributed by atoms with Gasteiger partial charge in [-0.05, 0) is 18.6 Å². The molecule has 4 heteroatoms. The number of carboxylic acids is 1. The summed E-state index contributed by atoms with van der Waals surface area (Å²) in [6, 6.07) is 4.99. The molecule has 0 bridgehead atoms. The van der Waals surface area contributed by atoms with Gasteiger partial charge in [0.25, 0.3) is 0 Å². The van der Waals surface area contributed by atoms with Gasteiger partial charge in [0.05, 0.1) is 16.6 Å². The van der Waals surface area contributed by atoms with Gasteiger partial charge in [0.15, 0.2) is 0 Å². The quantitative estimate of drug-likeness (QED) is 0.718. The normalized spacial score (nSPS) is 12.5. The first kappa shape index (κ1) is 9.86. The average Bonchev–Trinajstić information content (AvgIpc) is 2.08. The summed E-state index contributed by atoms with van der Waals surface area (Å²) in [5.74, 6) is -1.54. The van der Waals surface area contributed by atoms with Gasteiger partial charge in [0.1, 0.15) is 0 Å². The summed E-state index contributed by atoms with van der Waals surface area (Å²) < 4.78 is 0. The van der Waals surface area contributed by atoms with Gasteiger partial charge in [-0.3, -0.25) is 4.79 Å². The smallest absolute Gasteiger partial charge is 0.310 e. The second kappa shape index (κ2) is 3.66. The van der Waals surface area contributed by atoms with Crippen molar-refractivity contribution in [2.75, 3.05) is 5.73 Å². The molecule has 0 saturated heterocycles. The molecule has 0 aromatic heterocycles. The lowest BCUT2D eigenvalue weighted by Gasteiger charge is -2.09. The maximum Gasteiger partial charge on any atom is 0.310 e. The molecule has 1 atom stereocenters. The Morgan fingerprint density at radius 1 is 1.62 bits per heavy atom. The fourth-order valence-electron chi connectivity index (χ4n) is 1.04. The summed E-state index contributed by atoms with van der Waals surface area (Å²) in [6.45, 7) is 1.57. The minimum atomic E-state index is -0.910. The van der Waals surface area contributed by atoms with Gasteiger partial charge in [-0.25, -0.2) is 0 Å². The number of rotatable bonds is 2. The minimum Gasteiger partial charge on any atom is -0.481 e. The van der Waals surface area contributed by atoms with Crippen LogP contribution in [0.4, 0.5) is 5.69 Å². The van der Waals surface area contributed by atoms with Crippen molar-refractivity contribution in [3.05, 3.63) is 28.8 Å². The molecular formula is C9H10ClNO2. The van der Waals surface area contributed by atoms with E-state index in [9.17, 15) is 4.79 Å². The number of nitrogen functional groups attached to an aromatic ring is 1. The van der Waals surface area contributed by atoms with Crippen molar-refractivity contribution in [3.63, 3.8) is 0 Å². The van der Waals surface area contributed by atoms with E-state index >= 15 is 0 Å². The van der Waals surface area contributed by atoms with Crippen LogP contribution in [0.5, 0.6) is 0 Å². The van der Waals surface area contributed by atoms with Crippen LogP contribution in [0.3, 0.4) is 0 Å². The second-order valence-corrected chi connectivity index (χ2v) is 3.19. The number of hydrogen-bond donors (Lipinski definition) is 2. The molecule has 70 valence electrons. The SMILES string of the molecule is CC(C(=O)O)c1cccc(N)c1Cl. The predicted octanol–water partition coefficient (Wildman–Crippen LogP) is 2.11. The number of carbonyl (C=O) groups is 1. The highest BCUT2D eigenvalue weighted by Gasteiger charge is 2.17. The molecule has 0 aliphatic rings. The molecule has 0 aliphatic carbocycles. The van der Waals surface area contributed by atoms with Crippen LogP contribution in [0.15, 0.2) is 18.2 Å². The summed E-state index contributed by atoms with van der Waals surface area (Å²) in [5, 5.41) is 9.08. The van der Waals surface area contributed by atoms with Crippen LogP contribution >= 0.6 is 11.6 Å². The predicted molar refractivity (Wildman–Crippen MR) is 51.9 cm³/mol. The van der Waals surface area contributed by atoms with Crippen LogP contribution in [0.25, 0.3) is 0 Å². The van der Waals surface area contributed by atoms with Crippen molar-refractivity contribution in [1.29, 1.82) is 0 Å². The third kappa shape index (κ3) is 1.92. The van der Waals surface area contributed by atoms with Gasteiger partial charge in [-0.1, -0.05) is 23.7 Å². The van der Waals surface area contributed by atoms with E-state index in [0.29, 0.717) is 16.3 Å². The number of anilines is 1. The molecule has 0 heterocycles. The van der Waals surface area contributed by atoms with Gasteiger partial charge in [0.2, 0.25) is 0 Å². The van der Waals surface area contributed by atoms with Crippen LogP contribution in [0.1, 0.15) is 18.4 Å². The van der Waals surface area contributed by atoms with E-state index in [-0.39, 0.29) is 0 Å². The summed E-state index contributed by atoms with van der Waals surface area (Å²) in [5.41, 5.74) is 6.49. The van der Waals surface area contributed by atoms with E-state index in [0.717, 1.165) is 0 Å². The Morgan fingerprint density at radius 3 is 2.77 bits per heavy atom. The van der Waals surface area contributed by atoms with Crippen molar-refractivity contribution in [1.82, 2.24) is 0 Å². The molecule has 0 amide bonds. The molecule has 13 heavy (non-hydrogen) atoms. The Kier molecular flexibility index (Phi) is 2.78. The number of aliphatic carboxylic acids is 1. The summed E-state index contributed by atoms with van der Waals surface area (Å²) in [6.07, 6.45) is 0. The zero-order chi connectivity index (χ0) is 10.0. The fraction of sp³-hybridized carbons (Fsp3) is 0.222. The Bertz CT molecular complexity index is 338. The number of carboxylic acid groups (broad SMARTS) is 1. The van der Waals surface area contributed by atoms with E-state index in [1.807, 2.05) is 0 Å². The van der Waals surface area contributed by atoms with Crippen LogP contribution < -0.4 is 5.73 Å². The molecule has 0 saturated carbocycles. The number of benzene rings is 1. The summed E-state index contributed by atoms with van der Waals surface area (Å²) in [7, 11) is 0. The Balaban J connectivity index is 3.15. The molecule has 3 N–H and O–H groups in total. The third-order valence-corrected chi connectivity index (χ3v) is 2.33.